The summed E-state index contributed by atoms with van der Waals surface area (Å²) in [6, 6.07) is 4.47. The molecule has 2 saturated heterocycles. The number of amides is 3. The summed E-state index contributed by atoms with van der Waals surface area (Å²) in [6.07, 6.45) is -2.00. The fourth-order valence-electron chi connectivity index (χ4n) is 5.25. The van der Waals surface area contributed by atoms with Crippen molar-refractivity contribution in [1.82, 2.24) is 24.9 Å². The molecule has 3 aliphatic rings. The molecule has 0 saturated carbocycles. The third kappa shape index (κ3) is 6.62. The Kier molecular flexibility index (Phi) is 8.59. The highest BCUT2D eigenvalue weighted by molar-refractivity contribution is 5.92. The summed E-state index contributed by atoms with van der Waals surface area (Å²) in [5.41, 5.74) is 2.59. The van der Waals surface area contributed by atoms with Gasteiger partial charge in [-0.25, -0.2) is 18.9 Å². The van der Waals surface area contributed by atoms with Crippen LogP contribution in [-0.2, 0) is 43.9 Å². The van der Waals surface area contributed by atoms with Crippen molar-refractivity contribution in [2.24, 2.45) is 7.05 Å². The Morgan fingerprint density at radius 2 is 1.98 bits per heavy atom. The second-order valence-corrected chi connectivity index (χ2v) is 10.5. The van der Waals surface area contributed by atoms with Crippen LogP contribution in [-0.4, -0.2) is 102 Å². The zero-order chi connectivity index (χ0) is 30.0. The number of carbonyl (C=O) groups excluding carboxylic acids is 4. The fourth-order valence-corrected chi connectivity index (χ4v) is 5.25. The number of anilines is 2. The number of piperazine rings is 1. The summed E-state index contributed by atoms with van der Waals surface area (Å²) in [7, 11) is 1.84. The molecular weight excluding hydrogens is 553 g/mol. The van der Waals surface area contributed by atoms with E-state index in [1.807, 2.05) is 23.0 Å². The first-order chi connectivity index (χ1) is 20.1. The van der Waals surface area contributed by atoms with Gasteiger partial charge in [-0.05, 0) is 18.2 Å². The minimum Gasteiger partial charge on any atom is -0.442 e. The topological polar surface area (TPSA) is 139 Å². The molecule has 1 N–H and O–H groups in total. The Morgan fingerprint density at radius 1 is 1.21 bits per heavy atom. The molecule has 3 aliphatic heterocycles. The Balaban J connectivity index is 1.15. The molecule has 42 heavy (non-hydrogen) atoms. The van der Waals surface area contributed by atoms with Crippen molar-refractivity contribution >= 4 is 35.4 Å². The molecule has 0 aliphatic carbocycles. The predicted octanol–water partition coefficient (Wildman–Crippen LogP) is 1.18. The number of nitrogens with one attached hydrogen (secondary N) is 1. The van der Waals surface area contributed by atoms with Gasteiger partial charge in [0, 0.05) is 65.4 Å². The highest BCUT2D eigenvalue weighted by atomic mass is 19.1. The van der Waals surface area contributed by atoms with Gasteiger partial charge in [-0.15, -0.1) is 0 Å². The van der Waals surface area contributed by atoms with E-state index < -0.39 is 42.3 Å². The number of cyclic esters (lactones) is 1. The summed E-state index contributed by atoms with van der Waals surface area (Å²) in [5, 5.41) is 7.57. The lowest BCUT2D eigenvalue weighted by Crippen LogP contribution is -2.46. The summed E-state index contributed by atoms with van der Waals surface area (Å²) < 4.78 is 32.6. The van der Waals surface area contributed by atoms with Crippen molar-refractivity contribution in [2.75, 3.05) is 55.6 Å². The SMILES string of the molecule is CC(=O)N(C[C@H]1CN(c2ccc(N3Cc4cn(C)nc4C3)c(F)c2)C(=O)O1)C(=O)OC(C)OC(=O)CN1CCNCC1. The molecule has 15 heteroatoms. The number of rotatable bonds is 8. The van der Waals surface area contributed by atoms with Gasteiger partial charge in [-0.1, -0.05) is 0 Å². The zero-order valence-electron chi connectivity index (χ0n) is 23.7. The minimum absolute atomic E-state index is 0.0242. The van der Waals surface area contributed by atoms with Gasteiger partial charge in [0.15, 0.2) is 0 Å². The molecule has 0 spiro atoms. The maximum absolute atomic E-state index is 15.2. The summed E-state index contributed by atoms with van der Waals surface area (Å²) in [4.78, 5) is 55.6. The predicted molar refractivity (Wildman–Crippen MR) is 146 cm³/mol. The molecule has 4 heterocycles. The summed E-state index contributed by atoms with van der Waals surface area (Å²) in [5.74, 6) is -1.71. The molecule has 0 bridgehead atoms. The monoisotopic (exact) mass is 587 g/mol. The number of aryl methyl sites for hydroxylation is 1. The molecule has 1 unspecified atom stereocenters. The third-order valence-electron chi connectivity index (χ3n) is 7.26. The summed E-state index contributed by atoms with van der Waals surface area (Å²) >= 11 is 0. The maximum atomic E-state index is 15.2. The van der Waals surface area contributed by atoms with Crippen molar-refractivity contribution in [3.05, 3.63) is 41.5 Å². The van der Waals surface area contributed by atoms with Crippen LogP contribution in [0.25, 0.3) is 0 Å². The molecular formula is C27H34FN7O7. The van der Waals surface area contributed by atoms with E-state index in [-0.39, 0.29) is 25.3 Å². The van der Waals surface area contributed by atoms with E-state index >= 15 is 4.39 Å². The zero-order valence-corrected chi connectivity index (χ0v) is 23.7. The van der Waals surface area contributed by atoms with Gasteiger partial charge in [0.05, 0.1) is 43.2 Å². The summed E-state index contributed by atoms with van der Waals surface area (Å²) in [6.45, 7) is 6.20. The van der Waals surface area contributed by atoms with E-state index in [0.29, 0.717) is 31.9 Å². The number of hydrogen-bond donors (Lipinski definition) is 1. The quantitative estimate of drug-likeness (QED) is 0.352. The van der Waals surface area contributed by atoms with E-state index in [4.69, 9.17) is 14.2 Å². The van der Waals surface area contributed by atoms with Crippen LogP contribution in [0.15, 0.2) is 24.4 Å². The van der Waals surface area contributed by atoms with E-state index in [1.165, 1.54) is 17.9 Å². The van der Waals surface area contributed by atoms with Gasteiger partial charge in [-0.2, -0.15) is 5.10 Å². The molecule has 226 valence electrons. The number of halogens is 1. The second-order valence-electron chi connectivity index (χ2n) is 10.5. The Labute approximate surface area is 241 Å². The standard InChI is InChI=1S/C27H34FN7O7/c1-17(36)34(26(38)41-18(2)40-25(37)16-32-8-6-29-7-9-32)13-21-14-35(27(39)42-21)20-4-5-24(22(28)10-20)33-12-19-11-31(3)30-23(19)15-33/h4-5,10-11,18,21,29H,6-9,12-16H2,1-3H3/t18?,21-/m0/s1. The average molecular weight is 588 g/mol. The lowest BCUT2D eigenvalue weighted by molar-refractivity contribution is -0.167. The van der Waals surface area contributed by atoms with E-state index in [1.54, 1.807) is 16.8 Å². The largest absolute Gasteiger partial charge is 0.442 e. The van der Waals surface area contributed by atoms with Crippen molar-refractivity contribution in [1.29, 1.82) is 0 Å². The van der Waals surface area contributed by atoms with Gasteiger partial charge < -0.3 is 24.4 Å². The molecule has 3 amide bonds. The van der Waals surface area contributed by atoms with E-state index in [2.05, 4.69) is 10.4 Å². The van der Waals surface area contributed by atoms with Crippen LogP contribution in [0.3, 0.4) is 0 Å². The normalized spacial score (nSPS) is 19.3. The maximum Gasteiger partial charge on any atom is 0.419 e. The van der Waals surface area contributed by atoms with Crippen LogP contribution in [0, 0.1) is 5.82 Å². The molecule has 14 nitrogen and oxygen atoms in total. The number of imide groups is 1. The molecule has 5 rings (SSSR count). The van der Waals surface area contributed by atoms with Crippen molar-refractivity contribution in [3.63, 3.8) is 0 Å². The van der Waals surface area contributed by atoms with Crippen LogP contribution in [0.4, 0.5) is 25.4 Å². The lowest BCUT2D eigenvalue weighted by Gasteiger charge is -2.27. The number of nitrogens with zero attached hydrogens (tertiary/aromatic N) is 6. The van der Waals surface area contributed by atoms with Gasteiger partial charge >= 0.3 is 18.2 Å². The Bertz CT molecular complexity index is 1340. The number of aromatic nitrogens is 2. The Hall–Kier alpha value is -4.24. The van der Waals surface area contributed by atoms with Crippen LogP contribution < -0.4 is 15.1 Å². The molecule has 1 aromatic carbocycles. The van der Waals surface area contributed by atoms with E-state index in [0.717, 1.165) is 36.2 Å². The van der Waals surface area contributed by atoms with Crippen molar-refractivity contribution in [2.45, 2.75) is 39.3 Å². The van der Waals surface area contributed by atoms with Gasteiger partial charge in [-0.3, -0.25) is 24.1 Å². The molecule has 0 radical (unpaired) electrons. The highest BCUT2D eigenvalue weighted by Gasteiger charge is 2.37. The van der Waals surface area contributed by atoms with Crippen LogP contribution in [0.2, 0.25) is 0 Å². The lowest BCUT2D eigenvalue weighted by atomic mass is 10.2. The number of hydrogen-bond acceptors (Lipinski definition) is 11. The highest BCUT2D eigenvalue weighted by Crippen LogP contribution is 2.32. The van der Waals surface area contributed by atoms with Crippen LogP contribution >= 0.6 is 0 Å². The Morgan fingerprint density at radius 3 is 2.67 bits per heavy atom. The fraction of sp³-hybridized carbons (Fsp3) is 0.519. The molecule has 2 atom stereocenters. The van der Waals surface area contributed by atoms with Crippen molar-refractivity contribution < 1.29 is 37.8 Å². The van der Waals surface area contributed by atoms with Crippen molar-refractivity contribution in [3.8, 4) is 0 Å². The first kappa shape index (κ1) is 29.3. The molecule has 2 fully saturated rings. The molecule has 1 aromatic heterocycles. The number of ether oxygens (including phenoxy) is 3. The van der Waals surface area contributed by atoms with Gasteiger partial charge in [0.25, 0.3) is 0 Å². The number of fused-ring (bicyclic) bond motifs is 1. The molecule has 2 aromatic rings. The van der Waals surface area contributed by atoms with Gasteiger partial charge in [0.1, 0.15) is 11.9 Å². The van der Waals surface area contributed by atoms with Crippen LogP contribution in [0.5, 0.6) is 0 Å². The number of carbonyl (C=O) groups is 4. The number of benzene rings is 1. The third-order valence-corrected chi connectivity index (χ3v) is 7.26. The average Bonchev–Trinajstić information content (AvgIpc) is 3.59. The van der Waals surface area contributed by atoms with Crippen LogP contribution in [0.1, 0.15) is 25.1 Å². The number of esters is 1. The second kappa shape index (κ2) is 12.3. The smallest absolute Gasteiger partial charge is 0.419 e. The first-order valence-corrected chi connectivity index (χ1v) is 13.7. The minimum atomic E-state index is -1.24. The first-order valence-electron chi connectivity index (χ1n) is 13.7. The van der Waals surface area contributed by atoms with E-state index in [9.17, 15) is 19.2 Å². The van der Waals surface area contributed by atoms with Gasteiger partial charge in [0.2, 0.25) is 12.2 Å².